The molecule has 22 heavy (non-hydrogen) atoms. The lowest BCUT2D eigenvalue weighted by Gasteiger charge is -2.37. The molecule has 2 aromatic rings. The van der Waals surface area contributed by atoms with Crippen LogP contribution in [-0.2, 0) is 15.4 Å². The first-order valence-electron chi connectivity index (χ1n) is 7.43. The summed E-state index contributed by atoms with van der Waals surface area (Å²) in [6.45, 7) is 7.75. The van der Waals surface area contributed by atoms with Gasteiger partial charge in [-0.1, -0.05) is 48.5 Å². The van der Waals surface area contributed by atoms with Gasteiger partial charge in [0.15, 0.2) is 11.4 Å². The summed E-state index contributed by atoms with van der Waals surface area (Å²) in [5, 5.41) is 0. The fraction of sp³-hybridized carbons (Fsp3) is 0.316. The second-order valence-corrected chi connectivity index (χ2v) is 6.73. The lowest BCUT2D eigenvalue weighted by Crippen LogP contribution is -2.38. The van der Waals surface area contributed by atoms with Gasteiger partial charge in [0.05, 0.1) is 5.60 Å². The molecule has 0 aliphatic heterocycles. The molecule has 3 heteroatoms. The number of carbonyl (C=O) groups is 1. The van der Waals surface area contributed by atoms with Crippen LogP contribution in [0.25, 0.3) is 0 Å². The van der Waals surface area contributed by atoms with Crippen LogP contribution in [0.2, 0.25) is 0 Å². The molecule has 0 saturated carbocycles. The molecule has 0 atom stereocenters. The number of hydrogen-bond acceptors (Lipinski definition) is 3. The van der Waals surface area contributed by atoms with Gasteiger partial charge in [-0.25, -0.2) is 9.78 Å². The molecule has 0 spiro atoms. The van der Waals surface area contributed by atoms with Gasteiger partial charge in [0.2, 0.25) is 0 Å². The molecule has 2 aromatic carbocycles. The van der Waals surface area contributed by atoms with Crippen molar-refractivity contribution >= 4 is 5.78 Å². The van der Waals surface area contributed by atoms with Gasteiger partial charge in [0.25, 0.3) is 0 Å². The Kier molecular flexibility index (Phi) is 3.42. The van der Waals surface area contributed by atoms with Crippen LogP contribution in [0, 0.1) is 0 Å². The molecule has 114 valence electrons. The highest BCUT2D eigenvalue weighted by molar-refractivity contribution is 6.13. The minimum atomic E-state index is -0.811. The Bertz CT molecular complexity index is 676. The molecule has 0 aromatic heterocycles. The third-order valence-electron chi connectivity index (χ3n) is 3.83. The zero-order valence-corrected chi connectivity index (χ0v) is 13.3. The van der Waals surface area contributed by atoms with E-state index in [0.29, 0.717) is 11.1 Å². The van der Waals surface area contributed by atoms with E-state index in [9.17, 15) is 4.79 Å². The standard InChI is InChI=1S/C19H20O3/c1-18(2,3)21-22-19(4)15-11-7-5-9-13(15)17(20)14-10-6-8-12-16(14)19/h5-12H,1-4H3. The molecule has 1 aliphatic rings. The van der Waals surface area contributed by atoms with Gasteiger partial charge in [0.1, 0.15) is 0 Å². The molecule has 0 amide bonds. The van der Waals surface area contributed by atoms with Crippen LogP contribution in [0.1, 0.15) is 54.7 Å². The number of carbonyl (C=O) groups excluding carboxylic acids is 1. The maximum absolute atomic E-state index is 12.7. The summed E-state index contributed by atoms with van der Waals surface area (Å²) in [4.78, 5) is 24.2. The van der Waals surface area contributed by atoms with Crippen LogP contribution < -0.4 is 0 Å². The number of fused-ring (bicyclic) bond motifs is 2. The second kappa shape index (κ2) is 5.04. The molecular weight excluding hydrogens is 276 g/mol. The number of ketones is 1. The highest BCUT2D eigenvalue weighted by Crippen LogP contribution is 2.42. The fourth-order valence-electron chi connectivity index (χ4n) is 2.78. The van der Waals surface area contributed by atoms with E-state index in [1.807, 2.05) is 76.2 Å². The molecule has 0 fully saturated rings. The van der Waals surface area contributed by atoms with Gasteiger partial charge in [-0.3, -0.25) is 4.79 Å². The molecule has 0 bridgehead atoms. The Hall–Kier alpha value is -1.97. The number of rotatable bonds is 2. The average Bonchev–Trinajstić information content (AvgIpc) is 2.50. The van der Waals surface area contributed by atoms with Crippen molar-refractivity contribution < 1.29 is 14.6 Å². The van der Waals surface area contributed by atoms with E-state index in [1.54, 1.807) is 0 Å². The smallest absolute Gasteiger partial charge is 0.193 e. The van der Waals surface area contributed by atoms with Gasteiger partial charge in [0, 0.05) is 22.3 Å². The Morgan fingerprint density at radius 2 is 1.32 bits per heavy atom. The summed E-state index contributed by atoms with van der Waals surface area (Å²) >= 11 is 0. The highest BCUT2D eigenvalue weighted by Gasteiger charge is 2.42. The van der Waals surface area contributed by atoms with Crippen LogP contribution in [0.5, 0.6) is 0 Å². The molecule has 0 N–H and O–H groups in total. The third-order valence-corrected chi connectivity index (χ3v) is 3.83. The number of hydrogen-bond donors (Lipinski definition) is 0. The largest absolute Gasteiger partial charge is 0.289 e. The Balaban J connectivity index is 2.17. The lowest BCUT2D eigenvalue weighted by atomic mass is 9.75. The van der Waals surface area contributed by atoms with E-state index in [2.05, 4.69) is 0 Å². The summed E-state index contributed by atoms with van der Waals surface area (Å²) in [5.74, 6) is 0.0306. The predicted molar refractivity (Wildman–Crippen MR) is 84.7 cm³/mol. The highest BCUT2D eigenvalue weighted by atomic mass is 17.2. The normalized spacial score (nSPS) is 16.1. The first kappa shape index (κ1) is 14.9. The van der Waals surface area contributed by atoms with Crippen molar-refractivity contribution in [3.05, 3.63) is 70.8 Å². The van der Waals surface area contributed by atoms with E-state index in [-0.39, 0.29) is 5.78 Å². The van der Waals surface area contributed by atoms with Crippen LogP contribution in [0.15, 0.2) is 48.5 Å². The monoisotopic (exact) mass is 296 g/mol. The van der Waals surface area contributed by atoms with Crippen LogP contribution in [0.4, 0.5) is 0 Å². The van der Waals surface area contributed by atoms with Crippen molar-refractivity contribution in [2.24, 2.45) is 0 Å². The van der Waals surface area contributed by atoms with Gasteiger partial charge in [-0.05, 0) is 27.7 Å². The molecule has 0 unspecified atom stereocenters. The van der Waals surface area contributed by atoms with Crippen molar-refractivity contribution in [3.8, 4) is 0 Å². The summed E-state index contributed by atoms with van der Waals surface area (Å²) in [6, 6.07) is 15.1. The van der Waals surface area contributed by atoms with Crippen LogP contribution in [-0.4, -0.2) is 11.4 Å². The number of benzene rings is 2. The maximum Gasteiger partial charge on any atom is 0.193 e. The molecule has 0 saturated heterocycles. The minimum Gasteiger partial charge on any atom is -0.289 e. The van der Waals surface area contributed by atoms with Crippen LogP contribution >= 0.6 is 0 Å². The van der Waals surface area contributed by atoms with E-state index in [4.69, 9.17) is 9.78 Å². The molecule has 3 nitrogen and oxygen atoms in total. The van der Waals surface area contributed by atoms with Crippen LogP contribution in [0.3, 0.4) is 0 Å². The zero-order chi connectivity index (χ0) is 16.0. The van der Waals surface area contributed by atoms with E-state index in [1.165, 1.54) is 0 Å². The molecule has 0 radical (unpaired) electrons. The van der Waals surface area contributed by atoms with E-state index in [0.717, 1.165) is 11.1 Å². The molecule has 0 heterocycles. The summed E-state index contributed by atoms with van der Waals surface area (Å²) in [7, 11) is 0. The fourth-order valence-corrected chi connectivity index (χ4v) is 2.78. The Morgan fingerprint density at radius 1 is 0.864 bits per heavy atom. The third kappa shape index (κ3) is 2.36. The van der Waals surface area contributed by atoms with E-state index >= 15 is 0 Å². The Morgan fingerprint density at radius 3 is 1.77 bits per heavy atom. The van der Waals surface area contributed by atoms with Gasteiger partial charge < -0.3 is 0 Å². The predicted octanol–water partition coefficient (Wildman–Crippen LogP) is 4.24. The Labute approximate surface area is 130 Å². The first-order chi connectivity index (χ1) is 10.3. The SMILES string of the molecule is CC(C)(C)OOC1(C)c2ccccc2C(=O)c2ccccc21. The van der Waals surface area contributed by atoms with Crippen molar-refractivity contribution in [2.75, 3.05) is 0 Å². The van der Waals surface area contributed by atoms with Crippen molar-refractivity contribution in [1.29, 1.82) is 0 Å². The van der Waals surface area contributed by atoms with Crippen molar-refractivity contribution in [3.63, 3.8) is 0 Å². The summed E-state index contributed by atoms with van der Waals surface area (Å²) < 4.78 is 0. The summed E-state index contributed by atoms with van der Waals surface area (Å²) in [6.07, 6.45) is 0. The quantitative estimate of drug-likeness (QED) is 0.614. The van der Waals surface area contributed by atoms with Gasteiger partial charge in [-0.2, -0.15) is 0 Å². The van der Waals surface area contributed by atoms with Gasteiger partial charge in [-0.15, -0.1) is 0 Å². The maximum atomic E-state index is 12.7. The lowest BCUT2D eigenvalue weighted by molar-refractivity contribution is -0.396. The summed E-state index contributed by atoms with van der Waals surface area (Å²) in [5.41, 5.74) is 1.76. The van der Waals surface area contributed by atoms with Crippen molar-refractivity contribution in [1.82, 2.24) is 0 Å². The van der Waals surface area contributed by atoms with E-state index < -0.39 is 11.2 Å². The molecular formula is C19H20O3. The van der Waals surface area contributed by atoms with Crippen molar-refractivity contribution in [2.45, 2.75) is 38.9 Å². The second-order valence-electron chi connectivity index (χ2n) is 6.73. The average molecular weight is 296 g/mol. The topological polar surface area (TPSA) is 35.5 Å². The van der Waals surface area contributed by atoms with Gasteiger partial charge >= 0.3 is 0 Å². The first-order valence-corrected chi connectivity index (χ1v) is 7.43. The molecule has 3 rings (SSSR count). The molecule has 1 aliphatic carbocycles. The minimum absolute atomic E-state index is 0.0306. The zero-order valence-electron chi connectivity index (χ0n) is 13.3.